The summed E-state index contributed by atoms with van der Waals surface area (Å²) in [6.07, 6.45) is 5.20. The summed E-state index contributed by atoms with van der Waals surface area (Å²) in [4.78, 5) is 0. The Morgan fingerprint density at radius 1 is 1.18 bits per heavy atom. The van der Waals surface area contributed by atoms with Crippen LogP contribution < -0.4 is 0 Å². The molecule has 5 nitrogen and oxygen atoms in total. The smallest absolute Gasteiger partial charge is 0.281 e. The topological polar surface area (TPSA) is 60.9 Å². The molecule has 0 bridgehead atoms. The van der Waals surface area contributed by atoms with Gasteiger partial charge in [0.1, 0.15) is 0 Å². The van der Waals surface area contributed by atoms with Crippen molar-refractivity contribution in [2.75, 3.05) is 33.8 Å². The van der Waals surface area contributed by atoms with E-state index in [1.165, 1.54) is 21.5 Å². The van der Waals surface area contributed by atoms with Gasteiger partial charge in [0.25, 0.3) is 10.2 Å². The molecule has 1 saturated carbocycles. The lowest BCUT2D eigenvalue weighted by Crippen LogP contribution is -2.42. The molecule has 102 valence electrons. The number of hydrogen-bond acceptors (Lipinski definition) is 3. The predicted molar refractivity (Wildman–Crippen MR) is 67.8 cm³/mol. The lowest BCUT2D eigenvalue weighted by molar-refractivity contribution is 0.271. The summed E-state index contributed by atoms with van der Waals surface area (Å²) in [6.45, 7) is 1.01. The third-order valence-electron chi connectivity index (χ3n) is 3.41. The molecule has 0 aromatic heterocycles. The third-order valence-corrected chi connectivity index (χ3v) is 5.32. The zero-order chi connectivity index (χ0) is 12.9. The summed E-state index contributed by atoms with van der Waals surface area (Å²) >= 11 is 0. The monoisotopic (exact) mass is 264 g/mol. The van der Waals surface area contributed by atoms with Gasteiger partial charge in [-0.15, -0.1) is 0 Å². The molecule has 0 aliphatic heterocycles. The highest BCUT2D eigenvalue weighted by atomic mass is 32.2. The molecule has 0 unspecified atom stereocenters. The number of hydrogen-bond donors (Lipinski definition) is 1. The van der Waals surface area contributed by atoms with E-state index in [4.69, 9.17) is 5.11 Å². The molecule has 1 rings (SSSR count). The fourth-order valence-corrected chi connectivity index (χ4v) is 3.53. The number of aliphatic hydroxyl groups excluding tert-OH is 1. The normalized spacial score (nSPS) is 18.4. The summed E-state index contributed by atoms with van der Waals surface area (Å²) in [5.41, 5.74) is 0. The molecule has 17 heavy (non-hydrogen) atoms. The van der Waals surface area contributed by atoms with Crippen molar-refractivity contribution >= 4 is 10.2 Å². The van der Waals surface area contributed by atoms with Crippen molar-refractivity contribution < 1.29 is 13.5 Å². The van der Waals surface area contributed by atoms with Gasteiger partial charge in [0.05, 0.1) is 0 Å². The molecule has 6 heteroatoms. The van der Waals surface area contributed by atoms with Crippen LogP contribution >= 0.6 is 0 Å². The van der Waals surface area contributed by atoms with Gasteiger partial charge in [-0.25, -0.2) is 0 Å². The molecule has 0 radical (unpaired) electrons. The quantitative estimate of drug-likeness (QED) is 0.735. The summed E-state index contributed by atoms with van der Waals surface area (Å²) in [7, 11) is -0.136. The van der Waals surface area contributed by atoms with Gasteiger partial charge in [0, 0.05) is 33.8 Å². The Bertz CT molecular complexity index is 313. The van der Waals surface area contributed by atoms with Gasteiger partial charge < -0.3 is 5.11 Å². The van der Waals surface area contributed by atoms with Crippen molar-refractivity contribution in [3.05, 3.63) is 0 Å². The van der Waals surface area contributed by atoms with E-state index < -0.39 is 10.2 Å². The first-order chi connectivity index (χ1) is 7.98. The van der Waals surface area contributed by atoms with Crippen molar-refractivity contribution in [3.8, 4) is 0 Å². The molecule has 1 N–H and O–H groups in total. The fraction of sp³-hybridized carbons (Fsp3) is 1.00. The number of aliphatic hydroxyl groups is 1. The van der Waals surface area contributed by atoms with E-state index in [2.05, 4.69) is 0 Å². The van der Waals surface area contributed by atoms with Gasteiger partial charge in [0.15, 0.2) is 0 Å². The van der Waals surface area contributed by atoms with Gasteiger partial charge in [-0.1, -0.05) is 12.8 Å². The van der Waals surface area contributed by atoms with Crippen LogP contribution in [0.15, 0.2) is 0 Å². The van der Waals surface area contributed by atoms with E-state index in [0.717, 1.165) is 12.8 Å². The molecular formula is C11H24N2O3S. The maximum Gasteiger partial charge on any atom is 0.281 e. The standard InChI is InChI=1S/C11H24N2O3S/c1-12(8-5-9-14)17(15,16)13(2)10-11-6-3-4-7-11/h11,14H,3-10H2,1-2H3. The maximum absolute atomic E-state index is 12.1. The van der Waals surface area contributed by atoms with E-state index in [1.54, 1.807) is 14.1 Å². The van der Waals surface area contributed by atoms with Gasteiger partial charge >= 0.3 is 0 Å². The lowest BCUT2D eigenvalue weighted by Gasteiger charge is -2.26. The average Bonchev–Trinajstić information content (AvgIpc) is 2.78. The molecule has 0 heterocycles. The molecule has 0 atom stereocenters. The largest absolute Gasteiger partial charge is 0.396 e. The van der Waals surface area contributed by atoms with Gasteiger partial charge in [-0.05, 0) is 25.2 Å². The Hall–Kier alpha value is -0.170. The molecule has 1 aliphatic carbocycles. The van der Waals surface area contributed by atoms with Crippen LogP contribution in [-0.4, -0.2) is 55.9 Å². The molecule has 1 fully saturated rings. The summed E-state index contributed by atoms with van der Waals surface area (Å²) in [5, 5.41) is 8.71. The number of rotatable bonds is 7. The molecule has 0 aromatic rings. The fourth-order valence-electron chi connectivity index (χ4n) is 2.30. The highest BCUT2D eigenvalue weighted by Crippen LogP contribution is 2.26. The Morgan fingerprint density at radius 2 is 1.76 bits per heavy atom. The minimum Gasteiger partial charge on any atom is -0.396 e. The van der Waals surface area contributed by atoms with Crippen molar-refractivity contribution in [1.82, 2.24) is 8.61 Å². The van der Waals surface area contributed by atoms with Crippen LogP contribution in [0.1, 0.15) is 32.1 Å². The highest BCUT2D eigenvalue weighted by molar-refractivity contribution is 7.86. The first kappa shape index (κ1) is 14.9. The van der Waals surface area contributed by atoms with Crippen LogP contribution in [0.3, 0.4) is 0 Å². The average molecular weight is 264 g/mol. The third kappa shape index (κ3) is 4.21. The zero-order valence-electron chi connectivity index (χ0n) is 10.8. The number of nitrogens with zero attached hydrogens (tertiary/aromatic N) is 2. The first-order valence-electron chi connectivity index (χ1n) is 6.27. The van der Waals surface area contributed by atoms with Crippen LogP contribution in [0.5, 0.6) is 0 Å². The van der Waals surface area contributed by atoms with Crippen LogP contribution in [0.2, 0.25) is 0 Å². The van der Waals surface area contributed by atoms with Crippen molar-refractivity contribution in [1.29, 1.82) is 0 Å². The molecule has 0 aromatic carbocycles. The predicted octanol–water partition coefficient (Wildman–Crippen LogP) is 0.667. The Kier molecular flexibility index (Phi) is 5.85. The molecule has 1 aliphatic rings. The Morgan fingerprint density at radius 3 is 2.29 bits per heavy atom. The second-order valence-corrected chi connectivity index (χ2v) is 6.98. The molecule has 0 spiro atoms. The lowest BCUT2D eigenvalue weighted by atomic mass is 10.1. The van der Waals surface area contributed by atoms with Crippen LogP contribution in [0.4, 0.5) is 0 Å². The highest BCUT2D eigenvalue weighted by Gasteiger charge is 2.26. The second kappa shape index (κ2) is 6.68. The SMILES string of the molecule is CN(CCCO)S(=O)(=O)N(C)CC1CCCC1. The van der Waals surface area contributed by atoms with Crippen molar-refractivity contribution in [2.45, 2.75) is 32.1 Å². The summed E-state index contributed by atoms with van der Waals surface area (Å²) < 4.78 is 27.0. The van der Waals surface area contributed by atoms with E-state index >= 15 is 0 Å². The van der Waals surface area contributed by atoms with Crippen molar-refractivity contribution in [2.24, 2.45) is 5.92 Å². The minimum atomic E-state index is -3.34. The minimum absolute atomic E-state index is 0.0200. The van der Waals surface area contributed by atoms with Gasteiger partial charge in [-0.3, -0.25) is 0 Å². The Labute approximate surface area is 105 Å². The van der Waals surface area contributed by atoms with Crippen LogP contribution in [0.25, 0.3) is 0 Å². The summed E-state index contributed by atoms with van der Waals surface area (Å²) in [5.74, 6) is 0.515. The van der Waals surface area contributed by atoms with Gasteiger partial charge in [-0.2, -0.15) is 17.0 Å². The van der Waals surface area contributed by atoms with E-state index in [9.17, 15) is 8.42 Å². The van der Waals surface area contributed by atoms with Crippen LogP contribution in [0, 0.1) is 5.92 Å². The molecule has 0 saturated heterocycles. The summed E-state index contributed by atoms with van der Waals surface area (Å²) in [6, 6.07) is 0. The first-order valence-corrected chi connectivity index (χ1v) is 7.66. The Balaban J connectivity index is 2.49. The van der Waals surface area contributed by atoms with E-state index in [1.807, 2.05) is 0 Å². The second-order valence-electron chi connectivity index (χ2n) is 4.84. The zero-order valence-corrected chi connectivity index (χ0v) is 11.6. The van der Waals surface area contributed by atoms with E-state index in [-0.39, 0.29) is 6.61 Å². The maximum atomic E-state index is 12.1. The van der Waals surface area contributed by atoms with Crippen molar-refractivity contribution in [3.63, 3.8) is 0 Å². The van der Waals surface area contributed by atoms with Gasteiger partial charge in [0.2, 0.25) is 0 Å². The molecular weight excluding hydrogens is 240 g/mol. The van der Waals surface area contributed by atoms with Crippen LogP contribution in [-0.2, 0) is 10.2 Å². The molecule has 0 amide bonds. The van der Waals surface area contributed by atoms with E-state index in [0.29, 0.717) is 25.4 Å².